The van der Waals surface area contributed by atoms with Crippen LogP contribution in [0.1, 0.15) is 91.9 Å². The quantitative estimate of drug-likeness (QED) is 0.435. The number of rotatable bonds is 7. The minimum absolute atomic E-state index is 0.00543. The number of nitrogens with zero attached hydrogens (tertiary/aromatic N) is 1. The molecule has 0 aliphatic heterocycles. The summed E-state index contributed by atoms with van der Waals surface area (Å²) in [6.07, 6.45) is 11.2. The predicted octanol–water partition coefficient (Wildman–Crippen LogP) is 4.93. The van der Waals surface area contributed by atoms with Gasteiger partial charge >= 0.3 is 0 Å². The molecule has 1 aromatic heterocycles. The number of sulfonamides is 1. The summed E-state index contributed by atoms with van der Waals surface area (Å²) in [6, 6.07) is 2.97. The first-order chi connectivity index (χ1) is 18.4. The van der Waals surface area contributed by atoms with Crippen LogP contribution >= 0.6 is 0 Å². The van der Waals surface area contributed by atoms with Crippen molar-refractivity contribution < 1.29 is 23.4 Å². The third-order valence-corrected chi connectivity index (χ3v) is 13.5. The van der Waals surface area contributed by atoms with E-state index in [9.17, 15) is 23.4 Å². The van der Waals surface area contributed by atoms with Gasteiger partial charge in [0, 0.05) is 18.8 Å². The lowest BCUT2D eigenvalue weighted by Gasteiger charge is -2.64. The van der Waals surface area contributed by atoms with Crippen LogP contribution in [-0.4, -0.2) is 41.7 Å². The third kappa shape index (κ3) is 4.97. The van der Waals surface area contributed by atoms with Crippen LogP contribution in [0, 0.1) is 52.3 Å². The number of nitrogens with one attached hydrogen (secondary N) is 1. The lowest BCUT2D eigenvalue weighted by atomic mass is 9.41. The fourth-order valence-corrected chi connectivity index (χ4v) is 11.2. The van der Waals surface area contributed by atoms with Crippen molar-refractivity contribution >= 4 is 15.9 Å². The number of carbonyl (C=O) groups excluding carboxylic acids is 1. The average molecular weight is 561 g/mol. The van der Waals surface area contributed by atoms with Crippen molar-refractivity contribution in [2.75, 3.05) is 0 Å². The van der Waals surface area contributed by atoms with Gasteiger partial charge in [-0.25, -0.2) is 13.1 Å². The molecule has 3 N–H and O–H groups in total. The normalized spacial score (nSPS) is 42.6. The van der Waals surface area contributed by atoms with Crippen molar-refractivity contribution in [2.45, 2.75) is 109 Å². The monoisotopic (exact) mass is 560 g/mol. The zero-order valence-electron chi connectivity index (χ0n) is 24.1. The Kier molecular flexibility index (Phi) is 7.97. The Morgan fingerprint density at radius 1 is 1.10 bits per heavy atom. The molecule has 4 aliphatic carbocycles. The van der Waals surface area contributed by atoms with Gasteiger partial charge in [-0.3, -0.25) is 9.78 Å². The second-order valence-electron chi connectivity index (χ2n) is 13.9. The molecule has 0 saturated heterocycles. The molecule has 4 saturated carbocycles. The Labute approximate surface area is 234 Å². The smallest absolute Gasteiger partial charge is 0.265 e. The largest absolute Gasteiger partial charge is 0.393 e. The van der Waals surface area contributed by atoms with Crippen LogP contribution in [0.15, 0.2) is 29.4 Å². The van der Waals surface area contributed by atoms with Gasteiger partial charge in [-0.1, -0.05) is 34.1 Å². The molecule has 11 atom stereocenters. The van der Waals surface area contributed by atoms with Crippen LogP contribution in [0.3, 0.4) is 0 Å². The van der Waals surface area contributed by atoms with E-state index < -0.39 is 15.9 Å². The van der Waals surface area contributed by atoms with Gasteiger partial charge in [0.05, 0.1) is 12.2 Å². The highest BCUT2D eigenvalue weighted by Gasteiger charge is 2.64. The maximum Gasteiger partial charge on any atom is 0.265 e. The molecule has 7 nitrogen and oxygen atoms in total. The Morgan fingerprint density at radius 2 is 1.82 bits per heavy atom. The summed E-state index contributed by atoms with van der Waals surface area (Å²) in [6.45, 7) is 9.32. The van der Waals surface area contributed by atoms with E-state index in [-0.39, 0.29) is 40.3 Å². The van der Waals surface area contributed by atoms with Crippen LogP contribution in [0.4, 0.5) is 0 Å². The predicted molar refractivity (Wildman–Crippen MR) is 150 cm³/mol. The van der Waals surface area contributed by atoms with E-state index in [1.165, 1.54) is 24.5 Å². The van der Waals surface area contributed by atoms with Gasteiger partial charge in [-0.2, -0.15) is 0 Å². The van der Waals surface area contributed by atoms with Gasteiger partial charge in [0.1, 0.15) is 4.90 Å². The van der Waals surface area contributed by atoms with Crippen molar-refractivity contribution in [3.63, 3.8) is 0 Å². The van der Waals surface area contributed by atoms with Crippen LogP contribution < -0.4 is 4.72 Å². The molecule has 4 unspecified atom stereocenters. The van der Waals surface area contributed by atoms with E-state index in [4.69, 9.17) is 0 Å². The van der Waals surface area contributed by atoms with Gasteiger partial charge < -0.3 is 10.2 Å². The molecule has 4 fully saturated rings. The minimum atomic E-state index is -3.91. The highest BCUT2D eigenvalue weighted by Crippen LogP contribution is 2.69. The van der Waals surface area contributed by atoms with Crippen LogP contribution in [0.25, 0.3) is 0 Å². The first-order valence-corrected chi connectivity index (χ1v) is 16.7. The molecule has 0 radical (unpaired) electrons. The minimum Gasteiger partial charge on any atom is -0.393 e. The second-order valence-corrected chi connectivity index (χ2v) is 15.5. The number of fused-ring (bicyclic) bond motifs is 5. The maximum atomic E-state index is 12.6. The lowest BCUT2D eigenvalue weighted by molar-refractivity contribution is -0.203. The van der Waals surface area contributed by atoms with E-state index >= 15 is 0 Å². The number of hydrogen-bond acceptors (Lipinski definition) is 6. The molecule has 8 heteroatoms. The summed E-state index contributed by atoms with van der Waals surface area (Å²) >= 11 is 0. The molecule has 1 amide bonds. The van der Waals surface area contributed by atoms with E-state index in [0.29, 0.717) is 41.9 Å². The fraction of sp³-hybridized carbons (Fsp3) is 0.806. The van der Waals surface area contributed by atoms with Gasteiger partial charge in [-0.05, 0) is 116 Å². The first kappa shape index (κ1) is 29.0. The summed E-state index contributed by atoms with van der Waals surface area (Å²) in [5.41, 5.74) is 0.308. The molecular weight excluding hydrogens is 512 g/mol. The van der Waals surface area contributed by atoms with Gasteiger partial charge in [0.2, 0.25) is 5.91 Å². The third-order valence-electron chi connectivity index (χ3n) is 12.2. The maximum absolute atomic E-state index is 12.6. The number of hydrogen-bond donors (Lipinski definition) is 3. The topological polar surface area (TPSA) is 117 Å². The summed E-state index contributed by atoms with van der Waals surface area (Å²) in [5, 5.41) is 22.4. The highest BCUT2D eigenvalue weighted by atomic mass is 32.2. The molecule has 0 bridgehead atoms. The zero-order valence-corrected chi connectivity index (χ0v) is 24.9. The number of carbonyl (C=O) groups is 1. The average Bonchev–Trinajstić information content (AvgIpc) is 3.26. The van der Waals surface area contributed by atoms with Gasteiger partial charge in [-0.15, -0.1) is 0 Å². The summed E-state index contributed by atoms with van der Waals surface area (Å²) in [5.74, 6) is 2.19. The summed E-state index contributed by atoms with van der Waals surface area (Å²) in [4.78, 5) is 16.5. The van der Waals surface area contributed by atoms with E-state index in [1.807, 2.05) is 0 Å². The number of amides is 1. The molecule has 39 heavy (non-hydrogen) atoms. The molecule has 1 aromatic rings. The summed E-state index contributed by atoms with van der Waals surface area (Å²) < 4.78 is 27.3. The number of pyridine rings is 1. The van der Waals surface area contributed by atoms with Crippen molar-refractivity contribution in [3.8, 4) is 0 Å². The Balaban J connectivity index is 1.27. The Morgan fingerprint density at radius 3 is 2.51 bits per heavy atom. The van der Waals surface area contributed by atoms with E-state index in [2.05, 4.69) is 37.4 Å². The standard InChI is InChI=1S/C31H48N2O5S/c1-5-22-26-17-20(34)12-14-31(26,4)25-13-15-30(3)23(9-10-24(30)28(25)29(22)36)19(2)8-11-27(35)33-39(37,38)21-7-6-16-32-18-21/h6-7,16,18-20,22-26,28-29,34,36H,5,8-15,17H2,1-4H3,(H,33,35)/t19-,20-,22-,23?,24+,25+,26?,28+,29-,30?,31?/m1/s1. The SMILES string of the molecule is CC[C@@H]1C2C[C@H](O)CCC2(C)[C@H]2CCC3(C)C([C@H](C)CCC(=O)NS(=O)(=O)c4cccnc4)CC[C@H]3[C@@H]2[C@@H]1O. The van der Waals surface area contributed by atoms with Crippen molar-refractivity contribution in [1.29, 1.82) is 0 Å². The lowest BCUT2D eigenvalue weighted by Crippen LogP contribution is -2.62. The zero-order chi connectivity index (χ0) is 28.2. The van der Waals surface area contributed by atoms with E-state index in [0.717, 1.165) is 51.4 Å². The van der Waals surface area contributed by atoms with Crippen LogP contribution in [0.5, 0.6) is 0 Å². The molecule has 5 rings (SSSR count). The molecule has 218 valence electrons. The van der Waals surface area contributed by atoms with Crippen LogP contribution in [-0.2, 0) is 14.8 Å². The molecule has 0 aromatic carbocycles. The Bertz CT molecular complexity index is 1140. The first-order valence-electron chi connectivity index (χ1n) is 15.2. The van der Waals surface area contributed by atoms with Gasteiger partial charge in [0.25, 0.3) is 10.0 Å². The number of aliphatic hydroxyl groups is 2. The molecular formula is C31H48N2O5S. The Hall–Kier alpha value is -1.51. The summed E-state index contributed by atoms with van der Waals surface area (Å²) in [7, 11) is -3.91. The van der Waals surface area contributed by atoms with Crippen molar-refractivity contribution in [3.05, 3.63) is 24.5 Å². The van der Waals surface area contributed by atoms with Crippen LogP contribution in [0.2, 0.25) is 0 Å². The molecule has 0 spiro atoms. The van der Waals surface area contributed by atoms with Crippen molar-refractivity contribution in [1.82, 2.24) is 9.71 Å². The number of aliphatic hydroxyl groups excluding tert-OH is 2. The highest BCUT2D eigenvalue weighted by molar-refractivity contribution is 7.90. The van der Waals surface area contributed by atoms with Crippen molar-refractivity contribution in [2.24, 2.45) is 52.3 Å². The number of aromatic nitrogens is 1. The second kappa shape index (κ2) is 10.7. The molecule has 1 heterocycles. The van der Waals surface area contributed by atoms with E-state index in [1.54, 1.807) is 0 Å². The molecule has 4 aliphatic rings. The fourth-order valence-electron chi connectivity index (χ4n) is 10.3. The van der Waals surface area contributed by atoms with Gasteiger partial charge in [0.15, 0.2) is 0 Å².